The van der Waals surface area contributed by atoms with Crippen LogP contribution in [0.2, 0.25) is 0 Å². The van der Waals surface area contributed by atoms with Gasteiger partial charge in [-0.2, -0.15) is 0 Å². The van der Waals surface area contributed by atoms with Gasteiger partial charge in [0, 0.05) is 36.5 Å². The van der Waals surface area contributed by atoms with Gasteiger partial charge in [0.05, 0.1) is 6.10 Å². The zero-order valence-electron chi connectivity index (χ0n) is 19.3. The molecule has 0 spiro atoms. The second-order valence-electron chi connectivity index (χ2n) is 9.96. The number of rotatable bonds is 3. The van der Waals surface area contributed by atoms with Gasteiger partial charge in [0.2, 0.25) is 0 Å². The van der Waals surface area contributed by atoms with Crippen molar-refractivity contribution in [3.63, 3.8) is 0 Å². The highest BCUT2D eigenvalue weighted by Gasteiger charge is 2.52. The molecule has 2 fully saturated rings. The normalized spacial score (nSPS) is 27.8. The first kappa shape index (κ1) is 21.9. The van der Waals surface area contributed by atoms with E-state index in [1.54, 1.807) is 6.07 Å². The molecule has 5 heteroatoms. The molecule has 1 amide bonds. The maximum Gasteiger partial charge on any atom is 0.253 e. The molecule has 2 aliphatic rings. The predicted octanol–water partition coefficient (Wildman–Crippen LogP) is 4.03. The number of aliphatic hydroxyl groups excluding tert-OH is 1. The van der Waals surface area contributed by atoms with E-state index in [0.29, 0.717) is 12.0 Å². The number of amides is 1. The summed E-state index contributed by atoms with van der Waals surface area (Å²) in [5, 5.41) is 23.7. The Bertz CT molecular complexity index is 1180. The maximum absolute atomic E-state index is 13.5. The fourth-order valence-corrected chi connectivity index (χ4v) is 6.15. The molecular weight excluding hydrogens is 412 g/mol. The Kier molecular flexibility index (Phi) is 5.63. The lowest BCUT2D eigenvalue weighted by atomic mass is 9.57. The number of benzene rings is 3. The molecule has 0 radical (unpaired) electrons. The van der Waals surface area contributed by atoms with Gasteiger partial charge in [-0.25, -0.2) is 0 Å². The van der Waals surface area contributed by atoms with Crippen LogP contribution in [0.15, 0.2) is 66.7 Å². The number of fused-ring (bicyclic) bond motifs is 2. The number of phenols is 1. The number of nitrogens with zero attached hydrogens (tertiary/aromatic N) is 2. The minimum atomic E-state index is -0.513. The highest BCUT2D eigenvalue weighted by Crippen LogP contribution is 2.50. The first-order valence-corrected chi connectivity index (χ1v) is 11.8. The van der Waals surface area contributed by atoms with Crippen LogP contribution >= 0.6 is 0 Å². The molecule has 4 atom stereocenters. The monoisotopic (exact) mass is 444 g/mol. The molecule has 1 unspecified atom stereocenters. The molecule has 0 aromatic heterocycles. The van der Waals surface area contributed by atoms with Gasteiger partial charge in [-0.1, -0.05) is 42.5 Å². The van der Waals surface area contributed by atoms with Gasteiger partial charge in [0.15, 0.2) is 0 Å². The van der Waals surface area contributed by atoms with Crippen molar-refractivity contribution in [3.8, 4) is 5.75 Å². The Morgan fingerprint density at radius 1 is 1.06 bits per heavy atom. The number of likely N-dealkylation sites (tertiary alicyclic amines) is 1. The van der Waals surface area contributed by atoms with Crippen molar-refractivity contribution in [1.29, 1.82) is 0 Å². The van der Waals surface area contributed by atoms with Crippen LogP contribution in [0.5, 0.6) is 5.75 Å². The minimum absolute atomic E-state index is 0.0182. The fraction of sp³-hybridized carbons (Fsp3) is 0.393. The molecule has 33 heavy (non-hydrogen) atoms. The van der Waals surface area contributed by atoms with Gasteiger partial charge in [-0.3, -0.25) is 4.79 Å². The number of hydrogen-bond acceptors (Lipinski definition) is 4. The molecule has 1 aliphatic carbocycles. The summed E-state index contributed by atoms with van der Waals surface area (Å²) in [5.41, 5.74) is 1.46. The summed E-state index contributed by atoms with van der Waals surface area (Å²) >= 11 is 0. The van der Waals surface area contributed by atoms with Gasteiger partial charge in [-0.15, -0.1) is 0 Å². The smallest absolute Gasteiger partial charge is 0.253 e. The average molecular weight is 445 g/mol. The van der Waals surface area contributed by atoms with E-state index in [9.17, 15) is 15.0 Å². The second-order valence-corrected chi connectivity index (χ2v) is 9.96. The van der Waals surface area contributed by atoms with Gasteiger partial charge < -0.3 is 20.0 Å². The van der Waals surface area contributed by atoms with E-state index >= 15 is 0 Å². The van der Waals surface area contributed by atoms with Crippen molar-refractivity contribution in [2.45, 2.75) is 36.8 Å². The van der Waals surface area contributed by atoms with Crippen LogP contribution in [0.4, 0.5) is 0 Å². The number of phenolic OH excluding ortho intramolecular Hbond substituents is 1. The lowest BCUT2D eigenvalue weighted by Gasteiger charge is -2.55. The lowest BCUT2D eigenvalue weighted by Crippen LogP contribution is -2.60. The zero-order chi connectivity index (χ0) is 23.2. The molecule has 5 rings (SSSR count). The molecule has 3 aromatic rings. The van der Waals surface area contributed by atoms with Crippen molar-refractivity contribution in [2.24, 2.45) is 5.92 Å². The van der Waals surface area contributed by atoms with Crippen LogP contribution < -0.4 is 0 Å². The van der Waals surface area contributed by atoms with Gasteiger partial charge in [0.1, 0.15) is 5.75 Å². The van der Waals surface area contributed by atoms with Crippen LogP contribution in [0.3, 0.4) is 0 Å². The van der Waals surface area contributed by atoms with E-state index in [0.717, 1.165) is 42.3 Å². The first-order chi connectivity index (χ1) is 15.9. The number of hydrogen-bond donors (Lipinski definition) is 2. The summed E-state index contributed by atoms with van der Waals surface area (Å²) in [6.45, 7) is 1.74. The summed E-state index contributed by atoms with van der Waals surface area (Å²) < 4.78 is 0. The Labute approximate surface area is 195 Å². The third-order valence-corrected chi connectivity index (χ3v) is 8.02. The number of carbonyl (C=O) groups is 1. The van der Waals surface area contributed by atoms with Crippen LogP contribution in [0.25, 0.3) is 10.8 Å². The highest BCUT2D eigenvalue weighted by atomic mass is 16.3. The van der Waals surface area contributed by atoms with Crippen molar-refractivity contribution in [1.82, 2.24) is 9.80 Å². The van der Waals surface area contributed by atoms with Crippen molar-refractivity contribution in [3.05, 3.63) is 77.9 Å². The third-order valence-electron chi connectivity index (χ3n) is 8.02. The number of carbonyl (C=O) groups excluding carboxylic acids is 1. The molecule has 1 saturated heterocycles. The largest absolute Gasteiger partial charge is 0.508 e. The Balaban J connectivity index is 1.47. The predicted molar refractivity (Wildman–Crippen MR) is 130 cm³/mol. The lowest BCUT2D eigenvalue weighted by molar-refractivity contribution is -0.0566. The summed E-state index contributed by atoms with van der Waals surface area (Å²) in [6.07, 6.45) is 1.72. The van der Waals surface area contributed by atoms with E-state index in [4.69, 9.17) is 0 Å². The standard InChI is InChI=1S/C28H32N2O3/c1-29-13-12-28(22-8-5-9-24(31)15-22)17-23(16-26(32)25(28)18-29)30(2)27(33)21-11-10-19-6-3-4-7-20(19)14-21/h3-11,14-15,23,25-26,31-32H,12-13,16-18H2,1-2H3/t23-,25+,26?,28+/m1/s1. The van der Waals surface area contributed by atoms with Crippen LogP contribution in [-0.4, -0.2) is 65.3 Å². The van der Waals surface area contributed by atoms with Crippen LogP contribution in [0.1, 0.15) is 35.2 Å². The molecular formula is C28H32N2O3. The molecule has 0 bridgehead atoms. The average Bonchev–Trinajstić information content (AvgIpc) is 2.83. The topological polar surface area (TPSA) is 64.0 Å². The summed E-state index contributed by atoms with van der Waals surface area (Å²) in [5.74, 6) is 0.297. The maximum atomic E-state index is 13.5. The zero-order valence-corrected chi connectivity index (χ0v) is 19.3. The summed E-state index contributed by atoms with van der Waals surface area (Å²) in [7, 11) is 3.96. The number of aromatic hydroxyl groups is 1. The summed E-state index contributed by atoms with van der Waals surface area (Å²) in [6, 6.07) is 21.3. The van der Waals surface area contributed by atoms with Gasteiger partial charge in [0.25, 0.3) is 5.91 Å². The first-order valence-electron chi connectivity index (χ1n) is 11.8. The summed E-state index contributed by atoms with van der Waals surface area (Å²) in [4.78, 5) is 17.6. The minimum Gasteiger partial charge on any atom is -0.508 e. The Morgan fingerprint density at radius 2 is 1.85 bits per heavy atom. The molecule has 1 saturated carbocycles. The van der Waals surface area contributed by atoms with Crippen LogP contribution in [-0.2, 0) is 5.41 Å². The van der Waals surface area contributed by atoms with Crippen molar-refractivity contribution in [2.75, 3.05) is 27.2 Å². The van der Waals surface area contributed by atoms with E-state index in [-0.39, 0.29) is 29.0 Å². The fourth-order valence-electron chi connectivity index (χ4n) is 6.15. The van der Waals surface area contributed by atoms with Crippen molar-refractivity contribution >= 4 is 16.7 Å². The highest BCUT2D eigenvalue weighted by molar-refractivity contribution is 5.98. The van der Waals surface area contributed by atoms with E-state index < -0.39 is 6.10 Å². The SMILES string of the molecule is CN1CC[C@@]2(c3cccc(O)c3)C[C@H](N(C)C(=O)c3ccc4ccccc4c3)CC(O)[C@@H]2C1. The molecule has 1 aliphatic heterocycles. The molecule has 3 aromatic carbocycles. The number of piperidine rings is 1. The van der Waals surface area contributed by atoms with E-state index in [1.165, 1.54) is 0 Å². The van der Waals surface area contributed by atoms with Gasteiger partial charge in [-0.05, 0) is 73.5 Å². The van der Waals surface area contributed by atoms with E-state index in [2.05, 4.69) is 18.0 Å². The second kappa shape index (κ2) is 8.47. The van der Waals surface area contributed by atoms with Crippen LogP contribution in [0, 0.1) is 5.92 Å². The Morgan fingerprint density at radius 3 is 2.64 bits per heavy atom. The molecule has 2 N–H and O–H groups in total. The van der Waals surface area contributed by atoms with Crippen molar-refractivity contribution < 1.29 is 15.0 Å². The molecule has 172 valence electrons. The van der Waals surface area contributed by atoms with Gasteiger partial charge >= 0.3 is 0 Å². The third kappa shape index (κ3) is 3.90. The quantitative estimate of drug-likeness (QED) is 0.640. The Hall–Kier alpha value is -2.89. The molecule has 5 nitrogen and oxygen atoms in total. The van der Waals surface area contributed by atoms with E-state index in [1.807, 2.05) is 66.5 Å². The molecule has 1 heterocycles. The number of aliphatic hydroxyl groups is 1.